The fourth-order valence-electron chi connectivity index (χ4n) is 3.22. The summed E-state index contributed by atoms with van der Waals surface area (Å²) < 4.78 is 0. The Morgan fingerprint density at radius 1 is 1.26 bits per heavy atom. The first kappa shape index (κ1) is 18.1. The first-order valence-electron chi connectivity index (χ1n) is 8.96. The largest absolute Gasteiger partial charge is 0.361 e. The lowest BCUT2D eigenvalue weighted by molar-refractivity contribution is -0.117. The molecule has 0 aliphatic carbocycles. The predicted octanol–water partition coefficient (Wildman–Crippen LogP) is 5.28. The highest BCUT2D eigenvalue weighted by atomic mass is 35.5. The Kier molecular flexibility index (Phi) is 5.23. The summed E-state index contributed by atoms with van der Waals surface area (Å²) in [6.07, 6.45) is 3.09. The quantitative estimate of drug-likeness (QED) is 0.651. The van der Waals surface area contributed by atoms with Crippen LogP contribution in [0.5, 0.6) is 0 Å². The van der Waals surface area contributed by atoms with E-state index in [0.717, 1.165) is 27.7 Å². The number of H-pyrrole nitrogens is 1. The molecule has 0 fully saturated rings. The number of amides is 1. The van der Waals surface area contributed by atoms with Gasteiger partial charge in [-0.3, -0.25) is 14.7 Å². The molecule has 0 saturated carbocycles. The molecule has 3 aromatic rings. The molecular formula is C21H20ClN3OS. The molecule has 27 heavy (non-hydrogen) atoms. The molecule has 1 aromatic heterocycles. The van der Waals surface area contributed by atoms with E-state index in [1.54, 1.807) is 28.8 Å². The van der Waals surface area contributed by atoms with Crippen molar-refractivity contribution in [3.8, 4) is 0 Å². The van der Waals surface area contributed by atoms with E-state index in [2.05, 4.69) is 23.0 Å². The number of halogens is 1. The van der Waals surface area contributed by atoms with E-state index < -0.39 is 0 Å². The van der Waals surface area contributed by atoms with Gasteiger partial charge in [0.2, 0.25) is 5.91 Å². The number of hydrogen-bond acceptors (Lipinski definition) is 3. The number of para-hydroxylation sites is 1. The predicted molar refractivity (Wildman–Crippen MR) is 115 cm³/mol. The lowest BCUT2D eigenvalue weighted by Gasteiger charge is -2.22. The van der Waals surface area contributed by atoms with E-state index in [4.69, 9.17) is 11.6 Å². The van der Waals surface area contributed by atoms with Crippen molar-refractivity contribution in [3.05, 3.63) is 65.3 Å². The molecule has 0 bridgehead atoms. The molecule has 0 saturated heterocycles. The third-order valence-corrected chi connectivity index (χ3v) is 6.04. The summed E-state index contributed by atoms with van der Waals surface area (Å²) in [6, 6.07) is 15.7. The Balaban J connectivity index is 1.57. The van der Waals surface area contributed by atoms with Crippen LogP contribution in [0.1, 0.15) is 18.9 Å². The molecule has 4 nitrogen and oxygen atoms in total. The number of nitrogens with zero attached hydrogens (tertiary/aromatic N) is 2. The first-order chi connectivity index (χ1) is 13.1. The summed E-state index contributed by atoms with van der Waals surface area (Å²) in [6.45, 7) is 2.07. The summed E-state index contributed by atoms with van der Waals surface area (Å²) >= 11 is 7.65. The summed E-state index contributed by atoms with van der Waals surface area (Å²) in [4.78, 5) is 22.8. The summed E-state index contributed by atoms with van der Waals surface area (Å²) in [5.74, 6) is 0.942. The van der Waals surface area contributed by atoms with Crippen LogP contribution in [0.25, 0.3) is 10.9 Å². The zero-order valence-electron chi connectivity index (χ0n) is 15.0. The number of carbonyl (C=O) groups excluding carboxylic acids is 1. The smallest absolute Gasteiger partial charge is 0.233 e. The topological polar surface area (TPSA) is 48.5 Å². The van der Waals surface area contributed by atoms with Crippen LogP contribution in [0.3, 0.4) is 0 Å². The number of aromatic amines is 1. The number of nitrogens with one attached hydrogen (secondary N) is 1. The molecule has 138 valence electrons. The number of aryl methyl sites for hydroxylation is 1. The van der Waals surface area contributed by atoms with Gasteiger partial charge in [0.15, 0.2) is 5.17 Å². The molecule has 1 N–H and O–H groups in total. The summed E-state index contributed by atoms with van der Waals surface area (Å²) in [5.41, 5.74) is 3.06. The Morgan fingerprint density at radius 3 is 2.78 bits per heavy atom. The van der Waals surface area contributed by atoms with Crippen LogP contribution in [0.4, 0.5) is 5.69 Å². The number of fused-ring (bicyclic) bond motifs is 1. The van der Waals surface area contributed by atoms with Gasteiger partial charge >= 0.3 is 0 Å². The second-order valence-electron chi connectivity index (χ2n) is 6.64. The van der Waals surface area contributed by atoms with E-state index in [1.165, 1.54) is 5.39 Å². The minimum atomic E-state index is 0.0444. The van der Waals surface area contributed by atoms with Gasteiger partial charge < -0.3 is 4.98 Å². The van der Waals surface area contributed by atoms with Crippen molar-refractivity contribution in [1.82, 2.24) is 4.98 Å². The van der Waals surface area contributed by atoms with Crippen molar-refractivity contribution in [2.45, 2.75) is 25.8 Å². The maximum absolute atomic E-state index is 13.1. The number of thioether (sulfide) groups is 1. The van der Waals surface area contributed by atoms with Crippen LogP contribution < -0.4 is 4.90 Å². The highest BCUT2D eigenvalue weighted by molar-refractivity contribution is 8.14. The average molecular weight is 398 g/mol. The molecule has 0 unspecified atom stereocenters. The van der Waals surface area contributed by atoms with Gasteiger partial charge in [0, 0.05) is 34.3 Å². The van der Waals surface area contributed by atoms with Gasteiger partial charge in [-0.05, 0) is 49.2 Å². The molecule has 0 spiro atoms. The van der Waals surface area contributed by atoms with Gasteiger partial charge in [-0.1, -0.05) is 41.6 Å². The minimum absolute atomic E-state index is 0.0444. The van der Waals surface area contributed by atoms with Crippen molar-refractivity contribution < 1.29 is 4.79 Å². The van der Waals surface area contributed by atoms with Crippen molar-refractivity contribution >= 4 is 51.0 Å². The normalized spacial score (nSPS) is 16.5. The fourth-order valence-corrected chi connectivity index (χ4v) is 4.41. The van der Waals surface area contributed by atoms with Crippen LogP contribution in [-0.2, 0) is 11.2 Å². The van der Waals surface area contributed by atoms with E-state index in [0.29, 0.717) is 17.9 Å². The van der Waals surface area contributed by atoms with Crippen molar-refractivity contribution in [3.63, 3.8) is 0 Å². The lowest BCUT2D eigenvalue weighted by Crippen LogP contribution is -2.34. The highest BCUT2D eigenvalue weighted by Gasteiger charge is 2.26. The SMILES string of the molecule is C[C@H]1CSC(N(C(=O)CCc2c[nH]c3ccccc23)c2ccc(Cl)cc2)=N1. The van der Waals surface area contributed by atoms with Gasteiger partial charge in [-0.2, -0.15) is 0 Å². The van der Waals surface area contributed by atoms with Crippen LogP contribution in [0, 0.1) is 0 Å². The number of benzene rings is 2. The highest BCUT2D eigenvalue weighted by Crippen LogP contribution is 2.28. The number of amidine groups is 1. The van der Waals surface area contributed by atoms with Crippen LogP contribution >= 0.6 is 23.4 Å². The van der Waals surface area contributed by atoms with E-state index in [-0.39, 0.29) is 11.9 Å². The van der Waals surface area contributed by atoms with E-state index >= 15 is 0 Å². The average Bonchev–Trinajstić information content (AvgIpc) is 3.28. The summed E-state index contributed by atoms with van der Waals surface area (Å²) in [7, 11) is 0. The monoisotopic (exact) mass is 397 g/mol. The molecule has 6 heteroatoms. The molecule has 2 heterocycles. The van der Waals surface area contributed by atoms with Crippen molar-refractivity contribution in [2.24, 2.45) is 4.99 Å². The molecule has 0 radical (unpaired) electrons. The zero-order chi connectivity index (χ0) is 18.8. The van der Waals surface area contributed by atoms with Gasteiger partial charge in [0.05, 0.1) is 11.7 Å². The molecule has 1 aliphatic rings. The molecule has 2 aromatic carbocycles. The molecule has 4 rings (SSSR count). The first-order valence-corrected chi connectivity index (χ1v) is 10.3. The maximum atomic E-state index is 13.1. The Labute approximate surface area is 167 Å². The molecule has 1 atom stereocenters. The molecular weight excluding hydrogens is 378 g/mol. The Bertz CT molecular complexity index is 996. The number of hydrogen-bond donors (Lipinski definition) is 1. The van der Waals surface area contributed by atoms with Crippen molar-refractivity contribution in [2.75, 3.05) is 10.7 Å². The number of anilines is 1. The van der Waals surface area contributed by atoms with E-state index in [1.807, 2.05) is 36.5 Å². The second kappa shape index (κ2) is 7.79. The summed E-state index contributed by atoms with van der Waals surface area (Å²) in [5, 5.41) is 2.60. The van der Waals surface area contributed by atoms with Crippen LogP contribution in [0.15, 0.2) is 59.7 Å². The molecule has 1 aliphatic heterocycles. The van der Waals surface area contributed by atoms with E-state index in [9.17, 15) is 4.79 Å². The third kappa shape index (κ3) is 3.89. The van der Waals surface area contributed by atoms with Crippen LogP contribution in [0.2, 0.25) is 5.02 Å². The minimum Gasteiger partial charge on any atom is -0.361 e. The van der Waals surface area contributed by atoms with Gasteiger partial charge in [-0.25, -0.2) is 0 Å². The lowest BCUT2D eigenvalue weighted by atomic mass is 10.1. The number of rotatable bonds is 4. The zero-order valence-corrected chi connectivity index (χ0v) is 16.6. The fraction of sp³-hybridized carbons (Fsp3) is 0.238. The van der Waals surface area contributed by atoms with Crippen LogP contribution in [-0.4, -0.2) is 27.9 Å². The second-order valence-corrected chi connectivity index (χ2v) is 8.06. The van der Waals surface area contributed by atoms with Crippen molar-refractivity contribution in [1.29, 1.82) is 0 Å². The van der Waals surface area contributed by atoms with Gasteiger partial charge in [0.25, 0.3) is 0 Å². The number of aliphatic imine (C=N–C) groups is 1. The standard InChI is InChI=1S/C21H20ClN3OS/c1-14-13-27-21(24-14)25(17-9-7-16(22)8-10-17)20(26)11-6-15-12-23-19-5-3-2-4-18(15)19/h2-5,7-10,12,14,23H,6,11,13H2,1H3/t14-/m0/s1. The van der Waals surface area contributed by atoms with Gasteiger partial charge in [-0.15, -0.1) is 0 Å². The van der Waals surface area contributed by atoms with Gasteiger partial charge in [0.1, 0.15) is 0 Å². The number of carbonyl (C=O) groups is 1. The maximum Gasteiger partial charge on any atom is 0.233 e. The Hall–Kier alpha value is -2.24. The Morgan fingerprint density at radius 2 is 2.04 bits per heavy atom. The third-order valence-electron chi connectivity index (χ3n) is 4.59. The molecule has 1 amide bonds. The number of aromatic nitrogens is 1.